The van der Waals surface area contributed by atoms with Gasteiger partial charge in [-0.05, 0) is 38.1 Å². The minimum Gasteiger partial charge on any atom is -0.466 e. The van der Waals surface area contributed by atoms with Gasteiger partial charge in [0.1, 0.15) is 12.5 Å². The lowest BCUT2D eigenvalue weighted by Gasteiger charge is -2.16. The molecule has 0 bridgehead atoms. The number of hydrogen-bond acceptors (Lipinski definition) is 5. The Morgan fingerprint density at radius 3 is 2.40 bits per heavy atom. The summed E-state index contributed by atoms with van der Waals surface area (Å²) in [5.41, 5.74) is 1.46. The fourth-order valence-electron chi connectivity index (χ4n) is 2.17. The Kier molecular flexibility index (Phi) is 6.73. The van der Waals surface area contributed by atoms with Gasteiger partial charge in [-0.1, -0.05) is 29.3 Å². The third-order valence-corrected chi connectivity index (χ3v) is 4.71. The van der Waals surface area contributed by atoms with Crippen LogP contribution in [0.15, 0.2) is 36.4 Å². The summed E-state index contributed by atoms with van der Waals surface area (Å²) in [6.45, 7) is 3.77. The third kappa shape index (κ3) is 5.41. The number of nitrogens with one attached hydrogen (secondary N) is 1. The molecule has 0 aliphatic heterocycles. The zero-order valence-corrected chi connectivity index (χ0v) is 15.4. The molecule has 0 saturated heterocycles. The van der Waals surface area contributed by atoms with Gasteiger partial charge in [0.2, 0.25) is 0 Å². The van der Waals surface area contributed by atoms with Crippen molar-refractivity contribution in [3.8, 4) is 0 Å². The summed E-state index contributed by atoms with van der Waals surface area (Å²) in [4.78, 5) is 37.1. The molecule has 1 atom stereocenters. The number of rotatable bonds is 7. The Hall–Kier alpha value is -2.18. The first-order valence-electron chi connectivity index (χ1n) is 7.71. The highest BCUT2D eigenvalue weighted by Crippen LogP contribution is 2.28. The predicted molar refractivity (Wildman–Crippen MR) is 97.0 cm³/mol. The van der Waals surface area contributed by atoms with Crippen LogP contribution in [0, 0.1) is 6.92 Å². The van der Waals surface area contributed by atoms with E-state index in [2.05, 4.69) is 5.32 Å². The maximum atomic E-state index is 12.5. The van der Waals surface area contributed by atoms with Gasteiger partial charge in [-0.15, -0.1) is 11.3 Å². The second kappa shape index (κ2) is 8.78. The van der Waals surface area contributed by atoms with Gasteiger partial charge in [0.15, 0.2) is 5.78 Å². The Morgan fingerprint density at radius 2 is 1.84 bits per heavy atom. The summed E-state index contributed by atoms with van der Waals surface area (Å²) in [6.07, 6.45) is -0.414. The lowest BCUT2D eigenvalue weighted by atomic mass is 10.1. The molecule has 5 nitrogen and oxygen atoms in total. The van der Waals surface area contributed by atoms with Crippen LogP contribution in [0.2, 0.25) is 4.34 Å². The van der Waals surface area contributed by atoms with Crippen molar-refractivity contribution in [1.29, 1.82) is 0 Å². The molecule has 2 rings (SSSR count). The number of Topliss-reactive ketones (excluding diaryl/α,β-unsaturated/α-hetero) is 1. The van der Waals surface area contributed by atoms with Crippen molar-refractivity contribution in [2.45, 2.75) is 26.3 Å². The van der Waals surface area contributed by atoms with Crippen molar-refractivity contribution >= 4 is 40.6 Å². The molecule has 1 aromatic carbocycles. The zero-order valence-electron chi connectivity index (χ0n) is 13.9. The van der Waals surface area contributed by atoms with E-state index in [-0.39, 0.29) is 6.61 Å². The van der Waals surface area contributed by atoms with Crippen LogP contribution < -0.4 is 5.32 Å². The lowest BCUT2D eigenvalue weighted by Crippen LogP contribution is -2.34. The number of halogens is 1. The van der Waals surface area contributed by atoms with Crippen molar-refractivity contribution in [1.82, 2.24) is 5.32 Å². The van der Waals surface area contributed by atoms with E-state index in [0.717, 1.165) is 5.56 Å². The summed E-state index contributed by atoms with van der Waals surface area (Å²) < 4.78 is 5.31. The van der Waals surface area contributed by atoms with Gasteiger partial charge in [0.05, 0.1) is 10.9 Å². The molecule has 132 valence electrons. The van der Waals surface area contributed by atoms with Gasteiger partial charge in [-0.3, -0.25) is 14.4 Å². The standard InChI is InChI=1S/C18H18ClNO4S/c1-3-24-16(22)10-13(21)17(14-8-9-15(19)25-14)20-18(23)12-6-4-11(2)5-7-12/h4-9,17H,3,10H2,1-2H3,(H,20,23). The molecule has 0 aliphatic rings. The predicted octanol–water partition coefficient (Wildman–Crippen LogP) is 3.70. The van der Waals surface area contributed by atoms with Crippen LogP contribution in [0.1, 0.15) is 40.2 Å². The molecular formula is C18H18ClNO4S. The summed E-state index contributed by atoms with van der Waals surface area (Å²) in [5, 5.41) is 2.69. The highest BCUT2D eigenvalue weighted by molar-refractivity contribution is 7.16. The second-order valence-electron chi connectivity index (χ2n) is 5.36. The molecule has 0 saturated carbocycles. The van der Waals surface area contributed by atoms with E-state index in [1.165, 1.54) is 11.3 Å². The largest absolute Gasteiger partial charge is 0.466 e. The molecule has 1 aromatic heterocycles. The highest BCUT2D eigenvalue weighted by atomic mass is 35.5. The number of ketones is 1. The number of aryl methyl sites for hydroxylation is 1. The lowest BCUT2D eigenvalue weighted by molar-refractivity contribution is -0.145. The molecule has 1 unspecified atom stereocenters. The normalized spacial score (nSPS) is 11.6. The molecule has 1 N–H and O–H groups in total. The molecular weight excluding hydrogens is 362 g/mol. The van der Waals surface area contributed by atoms with Crippen molar-refractivity contribution < 1.29 is 19.1 Å². The van der Waals surface area contributed by atoms with Crippen LogP contribution in [0.3, 0.4) is 0 Å². The van der Waals surface area contributed by atoms with E-state index in [0.29, 0.717) is 14.8 Å². The van der Waals surface area contributed by atoms with Crippen molar-refractivity contribution in [2.75, 3.05) is 6.61 Å². The van der Waals surface area contributed by atoms with Gasteiger partial charge in [0, 0.05) is 10.4 Å². The van der Waals surface area contributed by atoms with Crippen molar-refractivity contribution in [3.05, 3.63) is 56.7 Å². The first-order chi connectivity index (χ1) is 11.9. The SMILES string of the molecule is CCOC(=O)CC(=O)C(NC(=O)c1ccc(C)cc1)c1ccc(Cl)s1. The number of carbonyl (C=O) groups is 3. The van der Waals surface area contributed by atoms with Crippen LogP contribution in [-0.2, 0) is 14.3 Å². The number of thiophene rings is 1. The number of ether oxygens (including phenoxy) is 1. The first kappa shape index (κ1) is 19.1. The first-order valence-corrected chi connectivity index (χ1v) is 8.91. The Labute approximate surface area is 154 Å². The number of amides is 1. The van der Waals surface area contributed by atoms with Crippen LogP contribution in [0.4, 0.5) is 0 Å². The maximum absolute atomic E-state index is 12.5. The summed E-state index contributed by atoms with van der Waals surface area (Å²) >= 11 is 7.12. The number of esters is 1. The maximum Gasteiger partial charge on any atom is 0.313 e. The van der Waals surface area contributed by atoms with E-state index in [1.807, 2.05) is 19.1 Å². The Morgan fingerprint density at radius 1 is 1.16 bits per heavy atom. The monoisotopic (exact) mass is 379 g/mol. The minimum atomic E-state index is -0.948. The van der Waals surface area contributed by atoms with E-state index in [1.54, 1.807) is 31.2 Å². The van der Waals surface area contributed by atoms with Crippen LogP contribution >= 0.6 is 22.9 Å². The molecule has 0 aliphatic carbocycles. The molecule has 1 heterocycles. The zero-order chi connectivity index (χ0) is 18.4. The summed E-state index contributed by atoms with van der Waals surface area (Å²) in [6, 6.07) is 9.34. The fraction of sp³-hybridized carbons (Fsp3) is 0.278. The Balaban J connectivity index is 2.19. The number of hydrogen-bond donors (Lipinski definition) is 1. The highest BCUT2D eigenvalue weighted by Gasteiger charge is 2.27. The molecule has 1 amide bonds. The van der Waals surface area contributed by atoms with Crippen molar-refractivity contribution in [3.63, 3.8) is 0 Å². The van der Waals surface area contributed by atoms with Crippen LogP contribution in [0.5, 0.6) is 0 Å². The van der Waals surface area contributed by atoms with Gasteiger partial charge < -0.3 is 10.1 Å². The quantitative estimate of drug-likeness (QED) is 0.588. The summed E-state index contributed by atoms with van der Waals surface area (Å²) in [5.74, 6) is -1.46. The van der Waals surface area contributed by atoms with Gasteiger partial charge >= 0.3 is 5.97 Å². The summed E-state index contributed by atoms with van der Waals surface area (Å²) in [7, 11) is 0. The molecule has 0 spiro atoms. The van der Waals surface area contributed by atoms with Crippen LogP contribution in [-0.4, -0.2) is 24.3 Å². The topological polar surface area (TPSA) is 72.5 Å². The van der Waals surface area contributed by atoms with E-state index < -0.39 is 30.1 Å². The molecule has 0 fully saturated rings. The molecule has 2 aromatic rings. The third-order valence-electron chi connectivity index (χ3n) is 3.41. The van der Waals surface area contributed by atoms with Gasteiger partial charge in [0.25, 0.3) is 5.91 Å². The number of benzene rings is 1. The van der Waals surface area contributed by atoms with Gasteiger partial charge in [-0.2, -0.15) is 0 Å². The van der Waals surface area contributed by atoms with E-state index in [4.69, 9.17) is 16.3 Å². The number of carbonyl (C=O) groups excluding carboxylic acids is 3. The second-order valence-corrected chi connectivity index (χ2v) is 7.11. The van der Waals surface area contributed by atoms with E-state index >= 15 is 0 Å². The van der Waals surface area contributed by atoms with Crippen LogP contribution in [0.25, 0.3) is 0 Å². The minimum absolute atomic E-state index is 0.192. The van der Waals surface area contributed by atoms with Crippen molar-refractivity contribution in [2.24, 2.45) is 0 Å². The van der Waals surface area contributed by atoms with E-state index in [9.17, 15) is 14.4 Å². The van der Waals surface area contributed by atoms with Gasteiger partial charge in [-0.25, -0.2) is 0 Å². The average Bonchev–Trinajstić information content (AvgIpc) is 2.99. The smallest absolute Gasteiger partial charge is 0.313 e. The average molecular weight is 380 g/mol. The Bertz CT molecular complexity index is 770. The fourth-order valence-corrected chi connectivity index (χ4v) is 3.31. The molecule has 7 heteroatoms. The molecule has 0 radical (unpaired) electrons. The molecule has 25 heavy (non-hydrogen) atoms.